The van der Waals surface area contributed by atoms with Crippen molar-refractivity contribution in [1.82, 2.24) is 9.88 Å². The molecule has 1 aromatic carbocycles. The molecule has 2 aromatic rings. The summed E-state index contributed by atoms with van der Waals surface area (Å²) in [6, 6.07) is 6.62. The number of aromatic amines is 1. The Hall–Kier alpha value is -2.23. The predicted molar refractivity (Wildman–Crippen MR) is 92.9 cm³/mol. The van der Waals surface area contributed by atoms with Crippen molar-refractivity contribution >= 4 is 16.8 Å². The summed E-state index contributed by atoms with van der Waals surface area (Å²) in [5.74, 6) is 0.956. The fourth-order valence-corrected chi connectivity index (χ4v) is 5.61. The molecule has 24 heavy (non-hydrogen) atoms. The number of aliphatic hydroxyl groups is 1. The lowest BCUT2D eigenvalue weighted by atomic mass is 9.69. The van der Waals surface area contributed by atoms with Crippen LogP contribution in [-0.4, -0.2) is 32.5 Å². The summed E-state index contributed by atoms with van der Waals surface area (Å²) < 4.78 is 0. The van der Waals surface area contributed by atoms with Crippen molar-refractivity contribution in [3.63, 3.8) is 0 Å². The van der Waals surface area contributed by atoms with Gasteiger partial charge in [0, 0.05) is 41.0 Å². The lowest BCUT2D eigenvalue weighted by Crippen LogP contribution is -2.46. The number of amides is 1. The van der Waals surface area contributed by atoms with Gasteiger partial charge in [0.1, 0.15) is 0 Å². The molecule has 5 rings (SSSR count). The molecule has 2 aliphatic heterocycles. The first-order chi connectivity index (χ1) is 11.4. The highest BCUT2D eigenvalue weighted by molar-refractivity contribution is 5.98. The third-order valence-corrected chi connectivity index (χ3v) is 6.66. The van der Waals surface area contributed by atoms with Gasteiger partial charge >= 0.3 is 0 Å². The minimum absolute atomic E-state index is 0.0234. The first-order valence-electron chi connectivity index (χ1n) is 8.72. The Morgan fingerprint density at radius 2 is 2.12 bits per heavy atom. The van der Waals surface area contributed by atoms with Gasteiger partial charge in [-0.25, -0.2) is 0 Å². The fourth-order valence-electron chi connectivity index (χ4n) is 5.61. The summed E-state index contributed by atoms with van der Waals surface area (Å²) in [6.07, 6.45) is 3.81. The smallest absolute Gasteiger partial charge is 0.253 e. The average molecular weight is 322 g/mol. The summed E-state index contributed by atoms with van der Waals surface area (Å²) in [7, 11) is 0. The summed E-state index contributed by atoms with van der Waals surface area (Å²) in [6.45, 7) is 6.01. The van der Waals surface area contributed by atoms with E-state index in [2.05, 4.69) is 48.1 Å². The molecule has 4 nitrogen and oxygen atoms in total. The Labute approximate surface area is 141 Å². The molecule has 3 heterocycles. The molecular formula is C20H22N2O2. The van der Waals surface area contributed by atoms with Crippen molar-refractivity contribution in [2.24, 2.45) is 5.92 Å². The maximum Gasteiger partial charge on any atom is 0.253 e. The number of hydrogen-bond donors (Lipinski definition) is 2. The molecule has 3 atom stereocenters. The molecule has 0 bridgehead atoms. The lowest BCUT2D eigenvalue weighted by Gasteiger charge is -2.37. The maximum atomic E-state index is 12.9. The molecule has 3 aliphatic rings. The quantitative estimate of drug-likeness (QED) is 0.574. The number of benzene rings is 1. The van der Waals surface area contributed by atoms with E-state index in [1.807, 2.05) is 0 Å². The van der Waals surface area contributed by atoms with E-state index >= 15 is 0 Å². The highest BCUT2D eigenvalue weighted by Crippen LogP contribution is 2.58. The van der Waals surface area contributed by atoms with Crippen LogP contribution in [-0.2, 0) is 11.2 Å². The van der Waals surface area contributed by atoms with Crippen LogP contribution in [0.2, 0.25) is 0 Å². The number of fused-ring (bicyclic) bond motifs is 4. The molecule has 1 aromatic heterocycles. The van der Waals surface area contributed by atoms with Crippen LogP contribution in [0.15, 0.2) is 35.7 Å². The molecule has 4 heteroatoms. The van der Waals surface area contributed by atoms with E-state index in [4.69, 9.17) is 0 Å². The lowest BCUT2D eigenvalue weighted by molar-refractivity contribution is -0.130. The predicted octanol–water partition coefficient (Wildman–Crippen LogP) is 3.65. The average Bonchev–Trinajstić information content (AvgIpc) is 3.15. The van der Waals surface area contributed by atoms with E-state index in [0.717, 1.165) is 6.42 Å². The summed E-state index contributed by atoms with van der Waals surface area (Å²) >= 11 is 0. The van der Waals surface area contributed by atoms with Gasteiger partial charge in [-0.2, -0.15) is 0 Å². The molecule has 2 fully saturated rings. The second kappa shape index (κ2) is 4.24. The third-order valence-electron chi connectivity index (χ3n) is 6.66. The molecule has 0 spiro atoms. The Morgan fingerprint density at radius 3 is 2.88 bits per heavy atom. The van der Waals surface area contributed by atoms with Crippen molar-refractivity contribution < 1.29 is 9.90 Å². The van der Waals surface area contributed by atoms with Crippen molar-refractivity contribution in [3.8, 4) is 0 Å². The van der Waals surface area contributed by atoms with Crippen LogP contribution in [0.1, 0.15) is 44.2 Å². The van der Waals surface area contributed by atoms with E-state index < -0.39 is 0 Å². The molecule has 1 amide bonds. The standard InChI is InChI=1S/C20H22N2O2/c1-10(23)12-8-16-18-13-9-21-15-6-4-5-11(17(13)15)7-14(18)20(2,3)22(16)19(12)24/h4-6,9,14,16,18,21,23H,7-8H2,1-3H3/b12-10-/t14-,16+,18+/m0/s1. The Bertz CT molecular complexity index is 917. The fraction of sp³-hybridized carbons (Fsp3) is 0.450. The van der Waals surface area contributed by atoms with E-state index in [0.29, 0.717) is 23.8 Å². The van der Waals surface area contributed by atoms with Gasteiger partial charge < -0.3 is 15.0 Å². The number of H-pyrrole nitrogens is 1. The SMILES string of the molecule is C/C(O)=C1\C[C@@H]2[C@@H]3c4c[nH]c5cccc(c45)C[C@@H]3C(C)(C)N2C1=O. The summed E-state index contributed by atoms with van der Waals surface area (Å²) in [5, 5.41) is 11.3. The van der Waals surface area contributed by atoms with Crippen LogP contribution in [0.5, 0.6) is 0 Å². The van der Waals surface area contributed by atoms with Crippen LogP contribution >= 0.6 is 0 Å². The molecule has 2 saturated heterocycles. The van der Waals surface area contributed by atoms with E-state index in [1.54, 1.807) is 6.92 Å². The van der Waals surface area contributed by atoms with Crippen LogP contribution in [0.4, 0.5) is 0 Å². The number of allylic oxidation sites excluding steroid dienone is 1. The summed E-state index contributed by atoms with van der Waals surface area (Å²) in [4.78, 5) is 18.4. The van der Waals surface area contributed by atoms with Crippen molar-refractivity contribution in [2.45, 2.75) is 51.1 Å². The zero-order valence-corrected chi connectivity index (χ0v) is 14.3. The monoisotopic (exact) mass is 322 g/mol. The highest BCUT2D eigenvalue weighted by atomic mass is 16.3. The normalized spacial score (nSPS) is 32.2. The highest BCUT2D eigenvalue weighted by Gasteiger charge is 2.61. The number of aromatic nitrogens is 1. The minimum atomic E-state index is -0.208. The van der Waals surface area contributed by atoms with Crippen LogP contribution in [0.3, 0.4) is 0 Å². The number of carbonyl (C=O) groups excluding carboxylic acids is 1. The molecule has 1 aliphatic carbocycles. The van der Waals surface area contributed by atoms with Crippen molar-refractivity contribution in [2.75, 3.05) is 0 Å². The van der Waals surface area contributed by atoms with Crippen molar-refractivity contribution in [1.29, 1.82) is 0 Å². The van der Waals surface area contributed by atoms with E-state index in [1.165, 1.54) is 22.0 Å². The van der Waals surface area contributed by atoms with Crippen molar-refractivity contribution in [3.05, 3.63) is 46.9 Å². The molecule has 0 saturated carbocycles. The minimum Gasteiger partial charge on any atom is -0.512 e. The van der Waals surface area contributed by atoms with Gasteiger partial charge in [0.25, 0.3) is 5.91 Å². The van der Waals surface area contributed by atoms with E-state index in [-0.39, 0.29) is 23.2 Å². The van der Waals surface area contributed by atoms with E-state index in [9.17, 15) is 9.90 Å². The molecule has 0 unspecified atom stereocenters. The topological polar surface area (TPSA) is 56.3 Å². The van der Waals surface area contributed by atoms with Crippen LogP contribution < -0.4 is 0 Å². The van der Waals surface area contributed by atoms with Gasteiger partial charge in [-0.1, -0.05) is 12.1 Å². The second-order valence-corrected chi connectivity index (χ2v) is 8.08. The Morgan fingerprint density at radius 1 is 1.33 bits per heavy atom. The number of nitrogens with zero attached hydrogens (tertiary/aromatic N) is 1. The third kappa shape index (κ3) is 1.47. The Kier molecular flexibility index (Phi) is 2.50. The number of aliphatic hydroxyl groups excluding tert-OH is 1. The van der Waals surface area contributed by atoms with Gasteiger partial charge in [0.2, 0.25) is 0 Å². The zero-order chi connectivity index (χ0) is 16.8. The Balaban J connectivity index is 1.73. The summed E-state index contributed by atoms with van der Waals surface area (Å²) in [5.41, 5.74) is 4.32. The molecule has 124 valence electrons. The molecule has 2 N–H and O–H groups in total. The maximum absolute atomic E-state index is 12.9. The first kappa shape index (κ1) is 14.1. The number of carbonyl (C=O) groups is 1. The van der Waals surface area contributed by atoms with Crippen LogP contribution in [0, 0.1) is 5.92 Å². The number of hydrogen-bond acceptors (Lipinski definition) is 2. The molecular weight excluding hydrogens is 300 g/mol. The van der Waals surface area contributed by atoms with Gasteiger partial charge in [0.15, 0.2) is 0 Å². The largest absolute Gasteiger partial charge is 0.512 e. The number of nitrogens with one attached hydrogen (secondary N) is 1. The molecule has 0 radical (unpaired) electrons. The zero-order valence-electron chi connectivity index (χ0n) is 14.3. The first-order valence-corrected chi connectivity index (χ1v) is 8.72. The number of rotatable bonds is 0. The van der Waals surface area contributed by atoms with Gasteiger partial charge in [-0.05, 0) is 50.3 Å². The second-order valence-electron chi connectivity index (χ2n) is 8.08. The van der Waals surface area contributed by atoms with Gasteiger partial charge in [-0.15, -0.1) is 0 Å². The van der Waals surface area contributed by atoms with Gasteiger partial charge in [-0.3, -0.25) is 4.79 Å². The van der Waals surface area contributed by atoms with Gasteiger partial charge in [0.05, 0.1) is 11.3 Å². The van der Waals surface area contributed by atoms with Crippen LogP contribution in [0.25, 0.3) is 10.9 Å².